The standard InChI is InChI=1S/C15H21NO3S/c1-10(17)11-7-6-8-12(9-11)20(18,19)16-13-14(2,3)15(13,4)5/h6-9,13,16H,1-5H3. The number of nitrogens with one attached hydrogen (secondary N) is 1. The number of hydrogen-bond donors (Lipinski definition) is 1. The highest BCUT2D eigenvalue weighted by Gasteiger charge is 2.66. The van der Waals surface area contributed by atoms with Gasteiger partial charge in [-0.2, -0.15) is 0 Å². The number of ketones is 1. The van der Waals surface area contributed by atoms with Crippen LogP contribution in [-0.2, 0) is 10.0 Å². The third-order valence-electron chi connectivity index (χ3n) is 4.84. The Morgan fingerprint density at radius 3 is 2.15 bits per heavy atom. The lowest BCUT2D eigenvalue weighted by molar-refractivity contribution is 0.101. The van der Waals surface area contributed by atoms with Crippen molar-refractivity contribution in [1.29, 1.82) is 0 Å². The van der Waals surface area contributed by atoms with E-state index in [2.05, 4.69) is 4.72 Å². The van der Waals surface area contributed by atoms with Crippen LogP contribution in [0.2, 0.25) is 0 Å². The van der Waals surface area contributed by atoms with Crippen molar-refractivity contribution < 1.29 is 13.2 Å². The van der Waals surface area contributed by atoms with Gasteiger partial charge in [-0.3, -0.25) is 4.79 Å². The van der Waals surface area contributed by atoms with Gasteiger partial charge >= 0.3 is 0 Å². The SMILES string of the molecule is CC(=O)c1cccc(S(=O)(=O)NC2C(C)(C)C2(C)C)c1. The zero-order valence-electron chi connectivity index (χ0n) is 12.5. The summed E-state index contributed by atoms with van der Waals surface area (Å²) in [6.45, 7) is 9.61. The van der Waals surface area contributed by atoms with E-state index < -0.39 is 10.0 Å². The van der Waals surface area contributed by atoms with E-state index in [0.29, 0.717) is 5.56 Å². The van der Waals surface area contributed by atoms with E-state index in [0.717, 1.165) is 0 Å². The molecule has 1 saturated carbocycles. The van der Waals surface area contributed by atoms with Crippen molar-refractivity contribution in [2.45, 2.75) is 45.6 Å². The van der Waals surface area contributed by atoms with Crippen molar-refractivity contribution in [2.24, 2.45) is 10.8 Å². The Balaban J connectivity index is 2.29. The maximum atomic E-state index is 12.4. The van der Waals surface area contributed by atoms with Crippen LogP contribution in [0, 0.1) is 10.8 Å². The fraction of sp³-hybridized carbons (Fsp3) is 0.533. The largest absolute Gasteiger partial charge is 0.295 e. The maximum absolute atomic E-state index is 12.4. The molecule has 4 nitrogen and oxygen atoms in total. The van der Waals surface area contributed by atoms with Gasteiger partial charge in [-0.15, -0.1) is 0 Å². The minimum atomic E-state index is -3.60. The molecule has 2 rings (SSSR count). The van der Waals surface area contributed by atoms with E-state index in [1.54, 1.807) is 12.1 Å². The highest BCUT2D eigenvalue weighted by molar-refractivity contribution is 7.89. The topological polar surface area (TPSA) is 63.2 Å². The molecule has 0 aliphatic heterocycles. The molecule has 0 amide bonds. The Hall–Kier alpha value is -1.20. The summed E-state index contributed by atoms with van der Waals surface area (Å²) in [4.78, 5) is 11.5. The average Bonchev–Trinajstić information content (AvgIpc) is 2.71. The Labute approximate surface area is 120 Å². The molecular weight excluding hydrogens is 274 g/mol. The second-order valence-corrected chi connectivity index (χ2v) is 8.30. The van der Waals surface area contributed by atoms with Crippen LogP contribution in [0.25, 0.3) is 0 Å². The second kappa shape index (κ2) is 4.40. The van der Waals surface area contributed by atoms with Crippen LogP contribution >= 0.6 is 0 Å². The van der Waals surface area contributed by atoms with Crippen LogP contribution in [0.1, 0.15) is 45.0 Å². The first kappa shape index (κ1) is 15.2. The van der Waals surface area contributed by atoms with Gasteiger partial charge in [0, 0.05) is 11.6 Å². The van der Waals surface area contributed by atoms with Crippen LogP contribution in [0.15, 0.2) is 29.2 Å². The highest BCUT2D eigenvalue weighted by atomic mass is 32.2. The predicted molar refractivity (Wildman–Crippen MR) is 78.1 cm³/mol. The van der Waals surface area contributed by atoms with Gasteiger partial charge in [0.25, 0.3) is 0 Å². The Kier molecular flexibility index (Phi) is 3.34. The van der Waals surface area contributed by atoms with Crippen molar-refractivity contribution >= 4 is 15.8 Å². The number of rotatable bonds is 4. The molecule has 0 heterocycles. The molecule has 110 valence electrons. The van der Waals surface area contributed by atoms with Crippen molar-refractivity contribution in [1.82, 2.24) is 4.72 Å². The van der Waals surface area contributed by atoms with Crippen LogP contribution < -0.4 is 4.72 Å². The first-order chi connectivity index (χ1) is 9.00. The summed E-state index contributed by atoms with van der Waals surface area (Å²) in [5.41, 5.74) is 0.262. The van der Waals surface area contributed by atoms with E-state index in [-0.39, 0.29) is 27.6 Å². The lowest BCUT2D eigenvalue weighted by Crippen LogP contribution is -2.30. The maximum Gasteiger partial charge on any atom is 0.240 e. The summed E-state index contributed by atoms with van der Waals surface area (Å²) in [7, 11) is -3.60. The molecule has 1 aromatic rings. The van der Waals surface area contributed by atoms with Crippen molar-refractivity contribution in [2.75, 3.05) is 0 Å². The lowest BCUT2D eigenvalue weighted by atomic mass is 10.0. The molecule has 20 heavy (non-hydrogen) atoms. The molecule has 1 N–H and O–H groups in total. The summed E-state index contributed by atoms with van der Waals surface area (Å²) in [5.74, 6) is -0.144. The molecule has 1 aromatic carbocycles. The first-order valence-electron chi connectivity index (χ1n) is 6.63. The number of benzene rings is 1. The summed E-state index contributed by atoms with van der Waals surface area (Å²) in [6, 6.07) is 6.05. The van der Waals surface area contributed by atoms with Gasteiger partial charge in [0.15, 0.2) is 5.78 Å². The van der Waals surface area contributed by atoms with Crippen LogP contribution in [0.5, 0.6) is 0 Å². The van der Waals surface area contributed by atoms with Crippen LogP contribution in [0.3, 0.4) is 0 Å². The monoisotopic (exact) mass is 295 g/mol. The van der Waals surface area contributed by atoms with Crippen LogP contribution in [0.4, 0.5) is 0 Å². The van der Waals surface area contributed by atoms with Crippen molar-refractivity contribution in [3.8, 4) is 0 Å². The van der Waals surface area contributed by atoms with Crippen molar-refractivity contribution in [3.05, 3.63) is 29.8 Å². The number of sulfonamides is 1. The molecule has 0 bridgehead atoms. The summed E-state index contributed by atoms with van der Waals surface area (Å²) in [5, 5.41) is 0. The zero-order valence-corrected chi connectivity index (χ0v) is 13.3. The lowest BCUT2D eigenvalue weighted by Gasteiger charge is -2.09. The minimum Gasteiger partial charge on any atom is -0.295 e. The second-order valence-electron chi connectivity index (χ2n) is 6.58. The van der Waals surface area contributed by atoms with Crippen molar-refractivity contribution in [3.63, 3.8) is 0 Å². The first-order valence-corrected chi connectivity index (χ1v) is 8.12. The third-order valence-corrected chi connectivity index (χ3v) is 6.27. The number of carbonyl (C=O) groups excluding carboxylic acids is 1. The van der Waals surface area contributed by atoms with Gasteiger partial charge in [-0.25, -0.2) is 13.1 Å². The Morgan fingerprint density at radius 2 is 1.70 bits per heavy atom. The van der Waals surface area contributed by atoms with E-state index in [4.69, 9.17) is 0 Å². The fourth-order valence-electron chi connectivity index (χ4n) is 2.60. The van der Waals surface area contributed by atoms with Gasteiger partial charge in [0.1, 0.15) is 0 Å². The molecule has 0 unspecified atom stereocenters. The normalized spacial score (nSPS) is 20.6. The van der Waals surface area contributed by atoms with E-state index >= 15 is 0 Å². The molecule has 1 aliphatic rings. The molecule has 0 radical (unpaired) electrons. The molecule has 1 aliphatic carbocycles. The summed E-state index contributed by atoms with van der Waals surface area (Å²) in [6.07, 6.45) is 0. The quantitative estimate of drug-likeness (QED) is 0.868. The third kappa shape index (κ3) is 2.29. The number of Topliss-reactive ketones (excluding diaryl/α,β-unsaturated/α-hetero) is 1. The Bertz CT molecular complexity index is 645. The predicted octanol–water partition coefficient (Wildman–Crippen LogP) is 2.60. The van der Waals surface area contributed by atoms with E-state index in [1.165, 1.54) is 19.1 Å². The Morgan fingerprint density at radius 1 is 1.15 bits per heavy atom. The summed E-state index contributed by atoms with van der Waals surface area (Å²) < 4.78 is 27.6. The molecule has 1 fully saturated rings. The minimum absolute atomic E-state index is 0.0712. The fourth-order valence-corrected chi connectivity index (χ4v) is 4.17. The van der Waals surface area contributed by atoms with E-state index in [9.17, 15) is 13.2 Å². The molecule has 0 saturated heterocycles. The number of hydrogen-bond acceptors (Lipinski definition) is 3. The van der Waals surface area contributed by atoms with Gasteiger partial charge in [-0.1, -0.05) is 39.8 Å². The molecule has 0 aromatic heterocycles. The average molecular weight is 295 g/mol. The number of carbonyl (C=O) groups is 1. The molecular formula is C15H21NO3S. The highest BCUT2D eigenvalue weighted by Crippen LogP contribution is 2.62. The molecule has 0 atom stereocenters. The molecule has 0 spiro atoms. The molecule has 5 heteroatoms. The van der Waals surface area contributed by atoms with Gasteiger partial charge < -0.3 is 0 Å². The van der Waals surface area contributed by atoms with Gasteiger partial charge in [-0.05, 0) is 29.9 Å². The smallest absolute Gasteiger partial charge is 0.240 e. The van der Waals surface area contributed by atoms with Gasteiger partial charge in [0.05, 0.1) is 4.90 Å². The van der Waals surface area contributed by atoms with E-state index in [1.807, 2.05) is 27.7 Å². The van der Waals surface area contributed by atoms with Gasteiger partial charge in [0.2, 0.25) is 10.0 Å². The van der Waals surface area contributed by atoms with Crippen LogP contribution in [-0.4, -0.2) is 20.2 Å². The summed E-state index contributed by atoms with van der Waals surface area (Å²) >= 11 is 0. The zero-order chi connectivity index (χ0) is 15.3.